The van der Waals surface area contributed by atoms with Crippen molar-refractivity contribution in [2.24, 2.45) is 0 Å². The normalized spacial score (nSPS) is 10.6. The van der Waals surface area contributed by atoms with Crippen LogP contribution >= 0.6 is 11.3 Å². The highest BCUT2D eigenvalue weighted by Gasteiger charge is 2.04. The van der Waals surface area contributed by atoms with E-state index in [1.54, 1.807) is 23.5 Å². The van der Waals surface area contributed by atoms with Crippen LogP contribution in [0.3, 0.4) is 0 Å². The molecule has 4 heteroatoms. The molecule has 0 spiro atoms. The minimum absolute atomic E-state index is 0.279. The minimum atomic E-state index is 0.279. The van der Waals surface area contributed by atoms with E-state index in [-0.39, 0.29) is 5.75 Å². The van der Waals surface area contributed by atoms with Gasteiger partial charge in [-0.25, -0.2) is 4.98 Å². The number of aromatic nitrogens is 1. The van der Waals surface area contributed by atoms with E-state index in [9.17, 15) is 5.11 Å². The first-order valence-electron chi connectivity index (χ1n) is 5.24. The van der Waals surface area contributed by atoms with Crippen molar-refractivity contribution in [2.45, 2.75) is 13.5 Å². The molecule has 0 fully saturated rings. The van der Waals surface area contributed by atoms with Crippen LogP contribution in [0.1, 0.15) is 11.8 Å². The molecule has 2 N–H and O–H groups in total. The van der Waals surface area contributed by atoms with Crippen LogP contribution in [0.25, 0.3) is 10.6 Å². The van der Waals surface area contributed by atoms with Gasteiger partial charge in [0, 0.05) is 23.2 Å². The number of nitrogens with zero attached hydrogens (tertiary/aromatic N) is 1. The highest BCUT2D eigenvalue weighted by Crippen LogP contribution is 2.27. The van der Waals surface area contributed by atoms with Gasteiger partial charge >= 0.3 is 0 Å². The van der Waals surface area contributed by atoms with Gasteiger partial charge in [0.2, 0.25) is 0 Å². The maximum Gasteiger partial charge on any atom is 0.123 e. The van der Waals surface area contributed by atoms with Gasteiger partial charge in [-0.3, -0.25) is 0 Å². The summed E-state index contributed by atoms with van der Waals surface area (Å²) < 4.78 is 0. The first kappa shape index (κ1) is 11.1. The quantitative estimate of drug-likeness (QED) is 0.854. The molecule has 0 amide bonds. The molecule has 1 heterocycles. The van der Waals surface area contributed by atoms with E-state index in [2.05, 4.69) is 17.2 Å². The maximum atomic E-state index is 9.39. The number of benzene rings is 1. The molecular formula is C12H14N2OS. The average Bonchev–Trinajstić information content (AvgIpc) is 2.75. The Morgan fingerprint density at radius 1 is 1.44 bits per heavy atom. The van der Waals surface area contributed by atoms with Crippen LogP contribution in [0.2, 0.25) is 0 Å². The van der Waals surface area contributed by atoms with Crippen molar-refractivity contribution in [3.05, 3.63) is 35.3 Å². The summed E-state index contributed by atoms with van der Waals surface area (Å²) in [5.74, 6) is 0.279. The van der Waals surface area contributed by atoms with Gasteiger partial charge in [-0.05, 0) is 18.7 Å². The van der Waals surface area contributed by atoms with Crippen molar-refractivity contribution in [3.8, 4) is 16.3 Å². The Kier molecular flexibility index (Phi) is 3.54. The topological polar surface area (TPSA) is 45.2 Å². The van der Waals surface area contributed by atoms with Gasteiger partial charge < -0.3 is 10.4 Å². The fourth-order valence-corrected chi connectivity index (χ4v) is 2.29. The van der Waals surface area contributed by atoms with Crippen molar-refractivity contribution >= 4 is 11.3 Å². The highest BCUT2D eigenvalue weighted by atomic mass is 32.1. The Labute approximate surface area is 98.8 Å². The molecule has 0 aliphatic rings. The number of rotatable bonds is 4. The monoisotopic (exact) mass is 234 g/mol. The van der Waals surface area contributed by atoms with E-state index in [0.29, 0.717) is 0 Å². The number of phenolic OH excluding ortho intramolecular Hbond substituents is 1. The zero-order chi connectivity index (χ0) is 11.4. The Morgan fingerprint density at radius 3 is 3.06 bits per heavy atom. The second kappa shape index (κ2) is 5.09. The number of thiazole rings is 1. The Balaban J connectivity index is 2.18. The molecule has 0 saturated carbocycles. The molecule has 0 aliphatic heterocycles. The molecule has 0 radical (unpaired) electrons. The van der Waals surface area contributed by atoms with E-state index in [0.717, 1.165) is 23.7 Å². The lowest BCUT2D eigenvalue weighted by atomic mass is 10.2. The Bertz CT molecular complexity index is 468. The number of hydrogen-bond acceptors (Lipinski definition) is 4. The number of phenols is 1. The van der Waals surface area contributed by atoms with E-state index >= 15 is 0 Å². The zero-order valence-electron chi connectivity index (χ0n) is 9.10. The lowest BCUT2D eigenvalue weighted by Gasteiger charge is -1.97. The third-order valence-electron chi connectivity index (χ3n) is 2.20. The number of aromatic hydroxyl groups is 1. The summed E-state index contributed by atoms with van der Waals surface area (Å²) in [7, 11) is 0. The first-order valence-corrected chi connectivity index (χ1v) is 6.06. The molecule has 0 bridgehead atoms. The molecular weight excluding hydrogens is 220 g/mol. The molecule has 0 unspecified atom stereocenters. The first-order chi connectivity index (χ1) is 7.79. The summed E-state index contributed by atoms with van der Waals surface area (Å²) in [4.78, 5) is 5.56. The van der Waals surface area contributed by atoms with Gasteiger partial charge in [0.1, 0.15) is 10.8 Å². The van der Waals surface area contributed by atoms with Crippen molar-refractivity contribution < 1.29 is 5.11 Å². The fourth-order valence-electron chi connectivity index (χ4n) is 1.41. The van der Waals surface area contributed by atoms with Crippen molar-refractivity contribution in [2.75, 3.05) is 6.54 Å². The SMILES string of the molecule is CCNCc1cnc(-c2cccc(O)c2)s1. The number of nitrogens with one attached hydrogen (secondary N) is 1. The zero-order valence-corrected chi connectivity index (χ0v) is 9.92. The Morgan fingerprint density at radius 2 is 2.31 bits per heavy atom. The molecule has 0 aliphatic carbocycles. The lowest BCUT2D eigenvalue weighted by Crippen LogP contribution is -2.10. The van der Waals surface area contributed by atoms with Crippen LogP contribution in [0.15, 0.2) is 30.5 Å². The average molecular weight is 234 g/mol. The smallest absolute Gasteiger partial charge is 0.123 e. The van der Waals surface area contributed by atoms with E-state index in [1.807, 2.05) is 18.3 Å². The van der Waals surface area contributed by atoms with Gasteiger partial charge in [-0.2, -0.15) is 0 Å². The van der Waals surface area contributed by atoms with Gasteiger partial charge in [0.25, 0.3) is 0 Å². The van der Waals surface area contributed by atoms with Crippen LogP contribution in [-0.2, 0) is 6.54 Å². The number of hydrogen-bond donors (Lipinski definition) is 2. The third-order valence-corrected chi connectivity index (χ3v) is 3.24. The molecule has 0 atom stereocenters. The second-order valence-electron chi connectivity index (χ2n) is 3.46. The Hall–Kier alpha value is -1.39. The lowest BCUT2D eigenvalue weighted by molar-refractivity contribution is 0.475. The molecule has 84 valence electrons. The molecule has 1 aromatic heterocycles. The molecule has 0 saturated heterocycles. The van der Waals surface area contributed by atoms with E-state index < -0.39 is 0 Å². The summed E-state index contributed by atoms with van der Waals surface area (Å²) >= 11 is 1.65. The minimum Gasteiger partial charge on any atom is -0.508 e. The van der Waals surface area contributed by atoms with Gasteiger partial charge in [-0.1, -0.05) is 19.1 Å². The predicted molar refractivity (Wildman–Crippen MR) is 66.6 cm³/mol. The third kappa shape index (κ3) is 2.59. The fraction of sp³-hybridized carbons (Fsp3) is 0.250. The van der Waals surface area contributed by atoms with Crippen LogP contribution in [-0.4, -0.2) is 16.6 Å². The van der Waals surface area contributed by atoms with Gasteiger partial charge in [0.15, 0.2) is 0 Å². The van der Waals surface area contributed by atoms with Crippen LogP contribution < -0.4 is 5.32 Å². The second-order valence-corrected chi connectivity index (χ2v) is 4.58. The van der Waals surface area contributed by atoms with Gasteiger partial charge in [-0.15, -0.1) is 11.3 Å². The van der Waals surface area contributed by atoms with Crippen LogP contribution in [0.4, 0.5) is 0 Å². The predicted octanol–water partition coefficient (Wildman–Crippen LogP) is 2.63. The molecule has 3 nitrogen and oxygen atoms in total. The summed E-state index contributed by atoms with van der Waals surface area (Å²) in [6.45, 7) is 3.89. The summed E-state index contributed by atoms with van der Waals surface area (Å²) in [6.07, 6.45) is 1.88. The standard InChI is InChI=1S/C12H14N2OS/c1-2-13-7-11-8-14-12(16-11)9-4-3-5-10(15)6-9/h3-6,8,13,15H,2,7H2,1H3. The summed E-state index contributed by atoms with van der Waals surface area (Å²) in [5, 5.41) is 13.6. The molecule has 2 aromatic rings. The van der Waals surface area contributed by atoms with Crippen LogP contribution in [0.5, 0.6) is 5.75 Å². The maximum absolute atomic E-state index is 9.39. The molecule has 2 rings (SSSR count). The van der Waals surface area contributed by atoms with Crippen LogP contribution in [0, 0.1) is 0 Å². The summed E-state index contributed by atoms with van der Waals surface area (Å²) in [6, 6.07) is 7.18. The molecule has 16 heavy (non-hydrogen) atoms. The van der Waals surface area contributed by atoms with Crippen molar-refractivity contribution in [3.63, 3.8) is 0 Å². The van der Waals surface area contributed by atoms with Crippen molar-refractivity contribution in [1.29, 1.82) is 0 Å². The largest absolute Gasteiger partial charge is 0.508 e. The van der Waals surface area contributed by atoms with Crippen molar-refractivity contribution in [1.82, 2.24) is 10.3 Å². The van der Waals surface area contributed by atoms with Gasteiger partial charge in [0.05, 0.1) is 0 Å². The van der Waals surface area contributed by atoms with E-state index in [4.69, 9.17) is 0 Å². The molecule has 1 aromatic carbocycles. The van der Waals surface area contributed by atoms with E-state index in [1.165, 1.54) is 4.88 Å². The summed E-state index contributed by atoms with van der Waals surface area (Å²) in [5.41, 5.74) is 0.966. The highest BCUT2D eigenvalue weighted by molar-refractivity contribution is 7.15.